The van der Waals surface area contributed by atoms with Crippen molar-refractivity contribution in [2.45, 2.75) is 51.7 Å². The first-order chi connectivity index (χ1) is 5.62. The molecule has 2 atom stereocenters. The highest BCUT2D eigenvalue weighted by Crippen LogP contribution is 2.54. The maximum atomic E-state index is 2.48. The van der Waals surface area contributed by atoms with Gasteiger partial charge in [-0.1, -0.05) is 18.9 Å². The molecule has 0 aromatic rings. The number of rotatable bonds is 0. The largest absolute Gasteiger partial charge is 0.127 e. The van der Waals surface area contributed by atoms with Crippen LogP contribution in [-0.4, -0.2) is 5.25 Å². The third kappa shape index (κ3) is 1.22. The van der Waals surface area contributed by atoms with Gasteiger partial charge < -0.3 is 0 Å². The lowest BCUT2D eigenvalue weighted by atomic mass is 9.81. The molecule has 2 aliphatic rings. The Hall–Kier alpha value is 0.0900. The van der Waals surface area contributed by atoms with Gasteiger partial charge in [0.25, 0.3) is 0 Å². The Morgan fingerprint density at radius 3 is 2.92 bits per heavy atom. The summed E-state index contributed by atoms with van der Waals surface area (Å²) < 4.78 is 0. The van der Waals surface area contributed by atoms with Gasteiger partial charge in [-0.2, -0.15) is 0 Å². The highest BCUT2D eigenvalue weighted by Gasteiger charge is 2.41. The topological polar surface area (TPSA) is 0 Å². The van der Waals surface area contributed by atoms with Crippen LogP contribution in [0.5, 0.6) is 0 Å². The number of allylic oxidation sites excluding steroid dienone is 2. The van der Waals surface area contributed by atoms with Crippen LogP contribution in [0.15, 0.2) is 10.5 Å². The first kappa shape index (κ1) is 8.68. The predicted molar refractivity (Wildman–Crippen MR) is 56.3 cm³/mol. The summed E-state index contributed by atoms with van der Waals surface area (Å²) in [5.74, 6) is 0. The second-order valence-electron chi connectivity index (χ2n) is 4.67. The van der Waals surface area contributed by atoms with Crippen LogP contribution in [0, 0.1) is 5.41 Å². The van der Waals surface area contributed by atoms with Crippen molar-refractivity contribution in [1.82, 2.24) is 0 Å². The molecule has 1 aliphatic heterocycles. The van der Waals surface area contributed by atoms with E-state index in [9.17, 15) is 0 Å². The van der Waals surface area contributed by atoms with Gasteiger partial charge in [-0.05, 0) is 43.4 Å². The third-order valence-electron chi connectivity index (χ3n) is 3.58. The molecule has 2 rings (SSSR count). The van der Waals surface area contributed by atoms with Crippen LogP contribution >= 0.6 is 11.8 Å². The quantitative estimate of drug-likeness (QED) is 0.546. The Morgan fingerprint density at radius 2 is 2.17 bits per heavy atom. The van der Waals surface area contributed by atoms with Gasteiger partial charge in [-0.3, -0.25) is 0 Å². The van der Waals surface area contributed by atoms with E-state index < -0.39 is 0 Å². The zero-order valence-electron chi connectivity index (χ0n) is 8.31. The van der Waals surface area contributed by atoms with Crippen LogP contribution in [0.2, 0.25) is 0 Å². The highest BCUT2D eigenvalue weighted by molar-refractivity contribution is 8.03. The molecule has 1 heteroatoms. The Bertz CT molecular complexity index is 229. The number of thioether (sulfide) groups is 1. The van der Waals surface area contributed by atoms with E-state index in [4.69, 9.17) is 0 Å². The van der Waals surface area contributed by atoms with Crippen LogP contribution in [0.1, 0.15) is 46.5 Å². The molecule has 1 heterocycles. The summed E-state index contributed by atoms with van der Waals surface area (Å²) in [4.78, 5) is 1.60. The SMILES string of the molecule is CC1=C(C)S[C@H]2CCC[C@@]2(C)C1. The molecule has 12 heavy (non-hydrogen) atoms. The Kier molecular flexibility index (Phi) is 2.02. The Balaban J connectivity index is 2.25. The lowest BCUT2D eigenvalue weighted by Gasteiger charge is -2.36. The summed E-state index contributed by atoms with van der Waals surface area (Å²) in [6.07, 6.45) is 5.71. The fourth-order valence-corrected chi connectivity index (χ4v) is 4.12. The van der Waals surface area contributed by atoms with Crippen molar-refractivity contribution < 1.29 is 0 Å². The van der Waals surface area contributed by atoms with E-state index >= 15 is 0 Å². The van der Waals surface area contributed by atoms with Gasteiger partial charge in [0, 0.05) is 5.25 Å². The van der Waals surface area contributed by atoms with E-state index in [1.54, 1.807) is 10.5 Å². The van der Waals surface area contributed by atoms with Gasteiger partial charge in [0.2, 0.25) is 0 Å². The first-order valence-corrected chi connectivity index (χ1v) is 5.83. The van der Waals surface area contributed by atoms with E-state index in [-0.39, 0.29) is 0 Å². The molecule has 0 nitrogen and oxygen atoms in total. The number of fused-ring (bicyclic) bond motifs is 1. The third-order valence-corrected chi connectivity index (χ3v) is 5.37. The number of hydrogen-bond donors (Lipinski definition) is 0. The smallest absolute Gasteiger partial charge is 0.0148 e. The van der Waals surface area contributed by atoms with Crippen LogP contribution in [-0.2, 0) is 0 Å². The van der Waals surface area contributed by atoms with Crippen LogP contribution in [0.4, 0.5) is 0 Å². The molecule has 1 saturated carbocycles. The van der Waals surface area contributed by atoms with Crippen molar-refractivity contribution in [2.24, 2.45) is 5.41 Å². The molecule has 0 spiro atoms. The van der Waals surface area contributed by atoms with Crippen LogP contribution < -0.4 is 0 Å². The standard InChI is InChI=1S/C11H18S/c1-8-7-11(3)6-4-5-10(11)12-9(8)2/h10H,4-7H2,1-3H3/t10-,11-/m0/s1. The predicted octanol–water partition coefficient (Wildman–Crippen LogP) is 3.98. The van der Waals surface area contributed by atoms with Crippen molar-refractivity contribution in [3.63, 3.8) is 0 Å². The molecule has 0 aromatic carbocycles. The van der Waals surface area contributed by atoms with Crippen molar-refractivity contribution in [1.29, 1.82) is 0 Å². The molecule has 68 valence electrons. The molecule has 1 aliphatic carbocycles. The second-order valence-corrected chi connectivity index (χ2v) is 6.08. The normalized spacial score (nSPS) is 41.8. The van der Waals surface area contributed by atoms with Gasteiger partial charge in [0.05, 0.1) is 0 Å². The highest BCUT2D eigenvalue weighted by atomic mass is 32.2. The van der Waals surface area contributed by atoms with Crippen molar-refractivity contribution in [3.8, 4) is 0 Å². The fraction of sp³-hybridized carbons (Fsp3) is 0.818. The van der Waals surface area contributed by atoms with Crippen molar-refractivity contribution in [3.05, 3.63) is 10.5 Å². The summed E-state index contributed by atoms with van der Waals surface area (Å²) in [6, 6.07) is 0. The van der Waals surface area contributed by atoms with Gasteiger partial charge in [-0.15, -0.1) is 11.8 Å². The summed E-state index contributed by atoms with van der Waals surface area (Å²) >= 11 is 2.14. The minimum atomic E-state index is 0.647. The molecule has 1 fully saturated rings. The van der Waals surface area contributed by atoms with E-state index in [2.05, 4.69) is 32.5 Å². The van der Waals surface area contributed by atoms with Gasteiger partial charge in [0.15, 0.2) is 0 Å². The Labute approximate surface area is 79.8 Å². The van der Waals surface area contributed by atoms with Crippen LogP contribution in [0.3, 0.4) is 0 Å². The maximum Gasteiger partial charge on any atom is 0.0148 e. The first-order valence-electron chi connectivity index (χ1n) is 4.95. The fourth-order valence-electron chi connectivity index (χ4n) is 2.65. The molecule has 0 bridgehead atoms. The number of hydrogen-bond acceptors (Lipinski definition) is 1. The van der Waals surface area contributed by atoms with Crippen LogP contribution in [0.25, 0.3) is 0 Å². The Morgan fingerprint density at radius 1 is 1.42 bits per heavy atom. The lowest BCUT2D eigenvalue weighted by Crippen LogP contribution is -2.27. The van der Waals surface area contributed by atoms with Crippen molar-refractivity contribution in [2.75, 3.05) is 0 Å². The summed E-state index contributed by atoms with van der Waals surface area (Å²) in [5, 5.41) is 0.932. The molecule has 0 N–H and O–H groups in total. The van der Waals surface area contributed by atoms with E-state index in [0.29, 0.717) is 5.41 Å². The second kappa shape index (κ2) is 2.80. The summed E-state index contributed by atoms with van der Waals surface area (Å²) in [6.45, 7) is 7.08. The van der Waals surface area contributed by atoms with E-state index in [0.717, 1.165) is 5.25 Å². The molecular weight excluding hydrogens is 164 g/mol. The van der Waals surface area contributed by atoms with Gasteiger partial charge >= 0.3 is 0 Å². The van der Waals surface area contributed by atoms with E-state index in [1.165, 1.54) is 25.7 Å². The zero-order valence-corrected chi connectivity index (χ0v) is 9.13. The molecular formula is C11H18S. The maximum absolute atomic E-state index is 2.48. The zero-order chi connectivity index (χ0) is 8.77. The molecule has 0 aromatic heterocycles. The molecule has 0 amide bonds. The lowest BCUT2D eigenvalue weighted by molar-refractivity contribution is 0.339. The van der Waals surface area contributed by atoms with Crippen molar-refractivity contribution >= 4 is 11.8 Å². The monoisotopic (exact) mass is 182 g/mol. The molecule has 0 radical (unpaired) electrons. The molecule has 0 unspecified atom stereocenters. The average Bonchev–Trinajstić information content (AvgIpc) is 2.32. The minimum absolute atomic E-state index is 0.647. The molecule has 0 saturated heterocycles. The summed E-state index contributed by atoms with van der Waals surface area (Å²) in [5.41, 5.74) is 2.29. The van der Waals surface area contributed by atoms with Gasteiger partial charge in [0.1, 0.15) is 0 Å². The average molecular weight is 182 g/mol. The van der Waals surface area contributed by atoms with E-state index in [1.807, 2.05) is 0 Å². The minimum Gasteiger partial charge on any atom is -0.127 e. The summed E-state index contributed by atoms with van der Waals surface area (Å²) in [7, 11) is 0. The van der Waals surface area contributed by atoms with Gasteiger partial charge in [-0.25, -0.2) is 0 Å².